The van der Waals surface area contributed by atoms with E-state index in [1.807, 2.05) is 6.07 Å². The topological polar surface area (TPSA) is 65.8 Å². The summed E-state index contributed by atoms with van der Waals surface area (Å²) in [6, 6.07) is 6.60. The zero-order chi connectivity index (χ0) is 10.4. The Morgan fingerprint density at radius 1 is 1.71 bits per heavy atom. The molecule has 4 nitrogen and oxygen atoms in total. The molecule has 0 saturated heterocycles. The molecule has 0 aliphatic rings. The van der Waals surface area contributed by atoms with Crippen LogP contribution in [0.2, 0.25) is 0 Å². The van der Waals surface area contributed by atoms with Crippen LogP contribution in [0.4, 0.5) is 0 Å². The first-order chi connectivity index (χ1) is 6.77. The molecule has 1 amide bonds. The van der Waals surface area contributed by atoms with Crippen molar-refractivity contribution in [2.75, 3.05) is 0 Å². The number of aromatic nitrogens is 1. The predicted molar refractivity (Wildman–Crippen MR) is 51.0 cm³/mol. The number of nitriles is 1. The number of hydrogen-bond acceptors (Lipinski definition) is 3. The van der Waals surface area contributed by atoms with Crippen molar-refractivity contribution >= 4 is 5.91 Å². The Morgan fingerprint density at radius 2 is 2.50 bits per heavy atom. The van der Waals surface area contributed by atoms with Gasteiger partial charge < -0.3 is 5.32 Å². The van der Waals surface area contributed by atoms with Crippen LogP contribution in [0, 0.1) is 11.3 Å². The standard InChI is InChI=1S/C10H11N3O/c1-2-10(14)13-9(7-11)8-5-3-4-6-12-8/h3-6,9H,2H2,1H3,(H,13,14). The van der Waals surface area contributed by atoms with Gasteiger partial charge in [0.05, 0.1) is 11.8 Å². The fraction of sp³-hybridized carbons (Fsp3) is 0.300. The van der Waals surface area contributed by atoms with Crippen LogP contribution in [0.15, 0.2) is 24.4 Å². The molecule has 0 radical (unpaired) electrons. The Labute approximate surface area is 82.6 Å². The van der Waals surface area contributed by atoms with Crippen LogP contribution < -0.4 is 5.32 Å². The van der Waals surface area contributed by atoms with E-state index in [1.165, 1.54) is 0 Å². The van der Waals surface area contributed by atoms with E-state index in [2.05, 4.69) is 10.3 Å². The van der Waals surface area contributed by atoms with Crippen molar-refractivity contribution in [1.29, 1.82) is 5.26 Å². The minimum atomic E-state index is -0.649. The Morgan fingerprint density at radius 3 is 3.00 bits per heavy atom. The maximum atomic E-state index is 11.1. The zero-order valence-corrected chi connectivity index (χ0v) is 7.90. The summed E-state index contributed by atoms with van der Waals surface area (Å²) in [4.78, 5) is 15.1. The minimum Gasteiger partial charge on any atom is -0.335 e. The highest BCUT2D eigenvalue weighted by atomic mass is 16.1. The fourth-order valence-corrected chi connectivity index (χ4v) is 0.982. The van der Waals surface area contributed by atoms with Gasteiger partial charge in [-0.2, -0.15) is 5.26 Å². The molecule has 14 heavy (non-hydrogen) atoms. The van der Waals surface area contributed by atoms with Crippen molar-refractivity contribution in [1.82, 2.24) is 10.3 Å². The van der Waals surface area contributed by atoms with E-state index in [0.29, 0.717) is 12.1 Å². The summed E-state index contributed by atoms with van der Waals surface area (Å²) >= 11 is 0. The van der Waals surface area contributed by atoms with Gasteiger partial charge in [0.25, 0.3) is 0 Å². The second-order valence-corrected chi connectivity index (χ2v) is 2.74. The monoisotopic (exact) mass is 189 g/mol. The van der Waals surface area contributed by atoms with E-state index in [-0.39, 0.29) is 5.91 Å². The molecular formula is C10H11N3O. The molecule has 0 aliphatic carbocycles. The van der Waals surface area contributed by atoms with Crippen molar-refractivity contribution in [2.45, 2.75) is 19.4 Å². The third-order valence-corrected chi connectivity index (χ3v) is 1.74. The van der Waals surface area contributed by atoms with E-state index >= 15 is 0 Å². The van der Waals surface area contributed by atoms with Gasteiger partial charge in [-0.1, -0.05) is 13.0 Å². The second kappa shape index (κ2) is 4.97. The number of pyridine rings is 1. The number of carbonyl (C=O) groups excluding carboxylic acids is 1. The summed E-state index contributed by atoms with van der Waals surface area (Å²) in [7, 11) is 0. The van der Waals surface area contributed by atoms with E-state index in [9.17, 15) is 4.79 Å². The Balaban J connectivity index is 2.74. The van der Waals surface area contributed by atoms with Crippen LogP contribution in [-0.4, -0.2) is 10.9 Å². The molecule has 1 N–H and O–H groups in total. The highest BCUT2D eigenvalue weighted by Crippen LogP contribution is 2.07. The highest BCUT2D eigenvalue weighted by molar-refractivity contribution is 5.76. The Kier molecular flexibility index (Phi) is 3.62. The predicted octanol–water partition coefficient (Wildman–Crippen LogP) is 1.17. The van der Waals surface area contributed by atoms with Crippen LogP contribution in [-0.2, 0) is 4.79 Å². The average Bonchev–Trinajstić information content (AvgIpc) is 2.26. The first-order valence-electron chi connectivity index (χ1n) is 4.37. The molecule has 4 heteroatoms. The van der Waals surface area contributed by atoms with Gasteiger partial charge in [0.2, 0.25) is 5.91 Å². The molecule has 1 heterocycles. The molecule has 1 aromatic rings. The molecule has 0 spiro atoms. The van der Waals surface area contributed by atoms with Crippen LogP contribution in [0.1, 0.15) is 25.1 Å². The number of nitrogens with one attached hydrogen (secondary N) is 1. The van der Waals surface area contributed by atoms with Crippen LogP contribution in [0.25, 0.3) is 0 Å². The van der Waals surface area contributed by atoms with Gasteiger partial charge in [-0.3, -0.25) is 9.78 Å². The molecular weight excluding hydrogens is 178 g/mol. The molecule has 1 unspecified atom stereocenters. The summed E-state index contributed by atoms with van der Waals surface area (Å²) in [5, 5.41) is 11.4. The van der Waals surface area contributed by atoms with Gasteiger partial charge in [0.15, 0.2) is 6.04 Å². The molecule has 72 valence electrons. The lowest BCUT2D eigenvalue weighted by Gasteiger charge is -2.09. The molecule has 0 bridgehead atoms. The van der Waals surface area contributed by atoms with Gasteiger partial charge in [-0.05, 0) is 12.1 Å². The number of nitrogens with zero attached hydrogens (tertiary/aromatic N) is 2. The molecule has 0 aliphatic heterocycles. The summed E-state index contributed by atoms with van der Waals surface area (Å²) < 4.78 is 0. The van der Waals surface area contributed by atoms with E-state index in [0.717, 1.165) is 0 Å². The van der Waals surface area contributed by atoms with E-state index in [1.54, 1.807) is 31.3 Å². The summed E-state index contributed by atoms with van der Waals surface area (Å²) in [5.41, 5.74) is 0.566. The smallest absolute Gasteiger partial charge is 0.221 e. The SMILES string of the molecule is CCC(=O)NC(C#N)c1ccccn1. The average molecular weight is 189 g/mol. The number of hydrogen-bond donors (Lipinski definition) is 1. The lowest BCUT2D eigenvalue weighted by Crippen LogP contribution is -2.27. The van der Waals surface area contributed by atoms with Crippen molar-refractivity contribution in [3.8, 4) is 6.07 Å². The molecule has 1 aromatic heterocycles. The van der Waals surface area contributed by atoms with Crippen LogP contribution in [0.5, 0.6) is 0 Å². The minimum absolute atomic E-state index is 0.151. The van der Waals surface area contributed by atoms with Crippen LogP contribution in [0.3, 0.4) is 0 Å². The fourth-order valence-electron chi connectivity index (χ4n) is 0.982. The normalized spacial score (nSPS) is 11.4. The van der Waals surface area contributed by atoms with Gasteiger partial charge in [-0.15, -0.1) is 0 Å². The number of rotatable bonds is 3. The van der Waals surface area contributed by atoms with Gasteiger partial charge in [0, 0.05) is 12.6 Å². The van der Waals surface area contributed by atoms with Gasteiger partial charge in [0.1, 0.15) is 0 Å². The maximum absolute atomic E-state index is 11.1. The third kappa shape index (κ3) is 2.56. The molecule has 1 atom stereocenters. The number of carbonyl (C=O) groups is 1. The van der Waals surface area contributed by atoms with Crippen LogP contribution >= 0.6 is 0 Å². The summed E-state index contributed by atoms with van der Waals surface area (Å²) in [5.74, 6) is -0.151. The molecule has 0 aromatic carbocycles. The van der Waals surface area contributed by atoms with Crippen molar-refractivity contribution in [2.24, 2.45) is 0 Å². The van der Waals surface area contributed by atoms with Crippen molar-refractivity contribution < 1.29 is 4.79 Å². The number of amides is 1. The maximum Gasteiger partial charge on any atom is 0.221 e. The zero-order valence-electron chi connectivity index (χ0n) is 7.90. The van der Waals surface area contributed by atoms with Gasteiger partial charge in [-0.25, -0.2) is 0 Å². The quantitative estimate of drug-likeness (QED) is 0.776. The van der Waals surface area contributed by atoms with Crippen molar-refractivity contribution in [3.05, 3.63) is 30.1 Å². The molecule has 0 fully saturated rings. The molecule has 0 saturated carbocycles. The van der Waals surface area contributed by atoms with Gasteiger partial charge >= 0.3 is 0 Å². The largest absolute Gasteiger partial charge is 0.335 e. The highest BCUT2D eigenvalue weighted by Gasteiger charge is 2.12. The van der Waals surface area contributed by atoms with E-state index < -0.39 is 6.04 Å². The second-order valence-electron chi connectivity index (χ2n) is 2.74. The third-order valence-electron chi connectivity index (χ3n) is 1.74. The molecule has 1 rings (SSSR count). The first kappa shape index (κ1) is 10.2. The lowest BCUT2D eigenvalue weighted by atomic mass is 10.2. The Bertz CT molecular complexity index is 342. The summed E-state index contributed by atoms with van der Waals surface area (Å²) in [6.45, 7) is 1.74. The van der Waals surface area contributed by atoms with Crippen molar-refractivity contribution in [3.63, 3.8) is 0 Å². The summed E-state index contributed by atoms with van der Waals surface area (Å²) in [6.07, 6.45) is 1.96. The van der Waals surface area contributed by atoms with E-state index in [4.69, 9.17) is 5.26 Å². The lowest BCUT2D eigenvalue weighted by molar-refractivity contribution is -0.121. The first-order valence-corrected chi connectivity index (χ1v) is 4.37. The Hall–Kier alpha value is -1.89.